The fourth-order valence-electron chi connectivity index (χ4n) is 3.41. The molecule has 2 fully saturated rings. The number of hydrogen-bond acceptors (Lipinski definition) is 11. The van der Waals surface area contributed by atoms with E-state index in [0.29, 0.717) is 4.08 Å². The maximum absolute atomic E-state index is 5.79. The molecule has 0 aromatic rings. The Morgan fingerprint density at radius 1 is 0.649 bits per heavy atom. The summed E-state index contributed by atoms with van der Waals surface area (Å²) in [6.45, 7) is 4.63. The van der Waals surface area contributed by atoms with Gasteiger partial charge in [-0.1, -0.05) is 19.8 Å². The van der Waals surface area contributed by atoms with Gasteiger partial charge in [-0.25, -0.2) is 0 Å². The third kappa shape index (κ3) is 21.7. The molecule has 0 nitrogen and oxygen atoms in total. The van der Waals surface area contributed by atoms with Gasteiger partial charge < -0.3 is 0 Å². The lowest BCUT2D eigenvalue weighted by Crippen LogP contribution is -2.26. The SMILES string of the molecule is CC1(C(Cl)Cl)CCCC1.CC1(C(SCCSCCS)SCCSCCS)SCCS1.SCCSCCS. The predicted molar refractivity (Wildman–Crippen MR) is 211 cm³/mol. The maximum Gasteiger partial charge on any atom is 0.113 e. The van der Waals surface area contributed by atoms with Crippen molar-refractivity contribution in [2.75, 3.05) is 80.5 Å². The molecular formula is C24H48Cl2S11. The number of alkyl halides is 2. The molecule has 0 spiro atoms. The van der Waals surface area contributed by atoms with Crippen LogP contribution >= 0.6 is 156 Å². The molecule has 224 valence electrons. The Bertz CT molecular complexity index is 473. The van der Waals surface area contributed by atoms with Crippen LogP contribution in [0.3, 0.4) is 0 Å². The van der Waals surface area contributed by atoms with E-state index in [-0.39, 0.29) is 10.3 Å². The van der Waals surface area contributed by atoms with E-state index in [4.69, 9.17) is 23.2 Å². The summed E-state index contributed by atoms with van der Waals surface area (Å²) in [4.78, 5) is -0.167. The molecule has 0 radical (unpaired) electrons. The van der Waals surface area contributed by atoms with Crippen LogP contribution in [0, 0.1) is 5.41 Å². The van der Waals surface area contributed by atoms with Gasteiger partial charge in [0.2, 0.25) is 0 Å². The monoisotopic (exact) mass is 758 g/mol. The molecule has 0 bridgehead atoms. The van der Waals surface area contributed by atoms with Gasteiger partial charge in [0, 0.05) is 57.5 Å². The summed E-state index contributed by atoms with van der Waals surface area (Å²) in [6.07, 6.45) is 4.99. The van der Waals surface area contributed by atoms with Gasteiger partial charge in [0.15, 0.2) is 0 Å². The Balaban J connectivity index is 0.000000660. The van der Waals surface area contributed by atoms with Crippen molar-refractivity contribution in [1.82, 2.24) is 0 Å². The van der Waals surface area contributed by atoms with Crippen LogP contribution in [0.25, 0.3) is 0 Å². The summed E-state index contributed by atoms with van der Waals surface area (Å²) in [7, 11) is 0. The highest BCUT2D eigenvalue weighted by Gasteiger charge is 2.39. The molecule has 0 atom stereocenters. The minimum Gasteiger partial charge on any atom is -0.179 e. The first kappa shape index (κ1) is 41.4. The van der Waals surface area contributed by atoms with E-state index < -0.39 is 0 Å². The molecule has 0 amide bonds. The largest absolute Gasteiger partial charge is 0.179 e. The van der Waals surface area contributed by atoms with Crippen LogP contribution in [-0.4, -0.2) is 94.0 Å². The molecule has 2 aliphatic rings. The Labute approximate surface area is 291 Å². The second-order valence-corrected chi connectivity index (χ2v) is 21.3. The van der Waals surface area contributed by atoms with Crippen molar-refractivity contribution in [2.24, 2.45) is 5.41 Å². The van der Waals surface area contributed by atoms with Crippen molar-refractivity contribution in [3.05, 3.63) is 0 Å². The van der Waals surface area contributed by atoms with Gasteiger partial charge in [0.05, 0.1) is 8.66 Å². The molecule has 1 saturated carbocycles. The zero-order valence-corrected chi connectivity index (χ0v) is 33.1. The van der Waals surface area contributed by atoms with E-state index in [9.17, 15) is 0 Å². The smallest absolute Gasteiger partial charge is 0.113 e. The van der Waals surface area contributed by atoms with Crippen LogP contribution in [0.2, 0.25) is 0 Å². The summed E-state index contributed by atoms with van der Waals surface area (Å²) >= 11 is 42.9. The van der Waals surface area contributed by atoms with Crippen molar-refractivity contribution < 1.29 is 0 Å². The molecular weight excluding hydrogens is 712 g/mol. The van der Waals surface area contributed by atoms with Crippen LogP contribution in [0.5, 0.6) is 0 Å². The van der Waals surface area contributed by atoms with E-state index in [1.807, 2.05) is 35.3 Å². The van der Waals surface area contributed by atoms with Crippen LogP contribution in [0.4, 0.5) is 0 Å². The highest BCUT2D eigenvalue weighted by atomic mass is 35.5. The minimum absolute atomic E-state index is 0.167. The first-order valence-electron chi connectivity index (χ1n) is 12.8. The topological polar surface area (TPSA) is 0 Å². The van der Waals surface area contributed by atoms with Gasteiger partial charge in [-0.15, -0.1) is 70.2 Å². The lowest BCUT2D eigenvalue weighted by molar-refractivity contribution is 0.367. The standard InChI is InChI=1S/C13H26S8.C7H12Cl2.C4H10S3/c1-13(20-10-11-21-13)12(18-8-6-16-4-2-14)19-9-7-17-5-3-15;1-7(6(8)9)4-2-3-5-7;5-1-3-7-4-2-6/h12,14-15H,2-11H2,1H3;6H,2-5H2,1H3;5-6H,1-4H2. The number of thioether (sulfide) groups is 7. The molecule has 0 N–H and O–H groups in total. The van der Waals surface area contributed by atoms with Crippen LogP contribution in [-0.2, 0) is 0 Å². The Kier molecular flexibility index (Phi) is 31.3. The first-order valence-corrected chi connectivity index (χ1v) is 23.7. The minimum atomic E-state index is -0.167. The van der Waals surface area contributed by atoms with E-state index >= 15 is 0 Å². The Morgan fingerprint density at radius 3 is 1.35 bits per heavy atom. The molecule has 37 heavy (non-hydrogen) atoms. The quantitative estimate of drug-likeness (QED) is 0.0470. The lowest BCUT2D eigenvalue weighted by atomic mass is 9.91. The Morgan fingerprint density at radius 2 is 1.03 bits per heavy atom. The maximum atomic E-state index is 5.79. The van der Waals surface area contributed by atoms with Crippen LogP contribution in [0.1, 0.15) is 39.5 Å². The molecule has 1 saturated heterocycles. The van der Waals surface area contributed by atoms with E-state index in [1.54, 1.807) is 0 Å². The summed E-state index contributed by atoms with van der Waals surface area (Å²) in [5, 5.41) is 0. The highest BCUT2D eigenvalue weighted by molar-refractivity contribution is 8.26. The zero-order chi connectivity index (χ0) is 27.8. The zero-order valence-electron chi connectivity index (χ0n) is 22.3. The van der Waals surface area contributed by atoms with E-state index in [0.717, 1.165) is 39.1 Å². The third-order valence-electron chi connectivity index (χ3n) is 5.50. The molecule has 1 aliphatic carbocycles. The van der Waals surface area contributed by atoms with Gasteiger partial charge in [-0.3, -0.25) is 0 Å². The Hall–Kier alpha value is 4.43. The van der Waals surface area contributed by atoms with Gasteiger partial charge in [0.25, 0.3) is 0 Å². The van der Waals surface area contributed by atoms with Crippen molar-refractivity contribution in [3.63, 3.8) is 0 Å². The van der Waals surface area contributed by atoms with Crippen molar-refractivity contribution in [2.45, 2.75) is 53.0 Å². The molecule has 1 heterocycles. The van der Waals surface area contributed by atoms with E-state index in [1.165, 1.54) is 71.7 Å². The molecule has 13 heteroatoms. The third-order valence-corrected chi connectivity index (χ3v) is 19.4. The van der Waals surface area contributed by atoms with Crippen molar-refractivity contribution >= 4 is 156 Å². The molecule has 0 aromatic heterocycles. The fourth-order valence-corrected chi connectivity index (χ4v) is 14.4. The second kappa shape index (κ2) is 27.9. The van der Waals surface area contributed by atoms with Gasteiger partial charge in [-0.05, 0) is 48.2 Å². The summed E-state index contributed by atoms with van der Waals surface area (Å²) < 4.78 is 1.14. The highest BCUT2D eigenvalue weighted by Crippen LogP contribution is 2.53. The second-order valence-electron chi connectivity index (χ2n) is 8.68. The number of hydrogen-bond donors (Lipinski definition) is 4. The summed E-state index contributed by atoms with van der Waals surface area (Å²) in [6, 6.07) is 0. The average molecular weight is 760 g/mol. The van der Waals surface area contributed by atoms with Crippen LogP contribution < -0.4 is 0 Å². The normalized spacial score (nSPS) is 18.0. The van der Waals surface area contributed by atoms with Crippen molar-refractivity contribution in [3.8, 4) is 0 Å². The van der Waals surface area contributed by atoms with Gasteiger partial charge in [-0.2, -0.15) is 85.8 Å². The molecule has 1 aliphatic heterocycles. The van der Waals surface area contributed by atoms with Crippen LogP contribution in [0.15, 0.2) is 0 Å². The van der Waals surface area contributed by atoms with Crippen molar-refractivity contribution in [1.29, 1.82) is 0 Å². The molecule has 0 unspecified atom stereocenters. The van der Waals surface area contributed by atoms with Gasteiger partial charge >= 0.3 is 0 Å². The number of halogens is 2. The summed E-state index contributed by atoms with van der Waals surface area (Å²) in [5.74, 6) is 16.4. The lowest BCUT2D eigenvalue weighted by Gasteiger charge is -2.31. The number of rotatable bonds is 18. The molecule has 0 aromatic carbocycles. The fraction of sp³-hybridized carbons (Fsp3) is 1.00. The first-order chi connectivity index (χ1) is 17.8. The average Bonchev–Trinajstić information content (AvgIpc) is 3.53. The van der Waals surface area contributed by atoms with E-state index in [2.05, 4.69) is 111 Å². The molecule has 2 rings (SSSR count). The van der Waals surface area contributed by atoms with Gasteiger partial charge in [0.1, 0.15) is 4.84 Å². The predicted octanol–water partition coefficient (Wildman–Crippen LogP) is 10.3. The summed E-state index contributed by atoms with van der Waals surface area (Å²) in [5.41, 5.74) is 0.225. The number of thiol groups is 4.